The average molecular weight is 450 g/mol. The molecule has 2 aromatic rings. The smallest absolute Gasteiger partial charge is 0.234 e. The van der Waals surface area contributed by atoms with Crippen LogP contribution in [0.3, 0.4) is 0 Å². The van der Waals surface area contributed by atoms with Crippen LogP contribution >= 0.6 is 11.8 Å². The monoisotopic (exact) mass is 449 g/mol. The third-order valence-corrected chi connectivity index (χ3v) is 5.79. The molecule has 0 saturated carbocycles. The second kappa shape index (κ2) is 11.0. The Morgan fingerprint density at radius 3 is 2.65 bits per heavy atom. The topological polar surface area (TPSA) is 87.2 Å². The highest BCUT2D eigenvalue weighted by atomic mass is 32.2. The van der Waals surface area contributed by atoms with Crippen LogP contribution in [-0.2, 0) is 9.59 Å². The van der Waals surface area contributed by atoms with Crippen LogP contribution in [0.1, 0.15) is 26.2 Å². The van der Waals surface area contributed by atoms with Gasteiger partial charge in [-0.3, -0.25) is 9.59 Å². The minimum absolute atomic E-state index is 0.0643. The summed E-state index contributed by atoms with van der Waals surface area (Å²) in [4.78, 5) is 26.3. The molecule has 10 heteroatoms. The van der Waals surface area contributed by atoms with E-state index in [1.165, 1.54) is 6.07 Å². The summed E-state index contributed by atoms with van der Waals surface area (Å²) < 4.78 is 27.2. The standard InChI is InChI=1S/C21H25F2N5O2S/c1-2-10-24-21(30)14-5-4-11-28(12-14)17-8-9-19(27-26-17)31-13-18(29)25-20-15(22)6-3-7-16(20)23/h3,6-9,14H,2,4-5,10-13H2,1H3,(H,24,30)(H,25,29)/t14-/m0/s1. The zero-order valence-electron chi connectivity index (χ0n) is 17.2. The first-order chi connectivity index (χ1) is 15.0. The van der Waals surface area contributed by atoms with Gasteiger partial charge in [-0.1, -0.05) is 24.8 Å². The van der Waals surface area contributed by atoms with Gasteiger partial charge < -0.3 is 15.5 Å². The van der Waals surface area contributed by atoms with Gasteiger partial charge in [0.2, 0.25) is 11.8 Å². The molecule has 1 fully saturated rings. The fraction of sp³-hybridized carbons (Fsp3) is 0.429. The molecule has 1 saturated heterocycles. The Kier molecular flexibility index (Phi) is 8.16. The highest BCUT2D eigenvalue weighted by Crippen LogP contribution is 2.24. The molecule has 1 aliphatic rings. The van der Waals surface area contributed by atoms with Gasteiger partial charge in [-0.2, -0.15) is 0 Å². The van der Waals surface area contributed by atoms with Crippen LogP contribution in [0.4, 0.5) is 20.3 Å². The number of thioether (sulfide) groups is 1. The maximum atomic E-state index is 13.6. The van der Waals surface area contributed by atoms with Crippen molar-refractivity contribution in [1.29, 1.82) is 0 Å². The lowest BCUT2D eigenvalue weighted by Crippen LogP contribution is -2.43. The Bertz CT molecular complexity index is 893. The maximum Gasteiger partial charge on any atom is 0.234 e. The molecule has 0 aliphatic carbocycles. The summed E-state index contributed by atoms with van der Waals surface area (Å²) in [6.45, 7) is 4.09. The first kappa shape index (κ1) is 22.9. The van der Waals surface area contributed by atoms with Crippen molar-refractivity contribution in [3.8, 4) is 0 Å². The van der Waals surface area contributed by atoms with Crippen LogP contribution in [0.5, 0.6) is 0 Å². The Morgan fingerprint density at radius 1 is 1.19 bits per heavy atom. The SMILES string of the molecule is CCCNC(=O)[C@H]1CCCN(c2ccc(SCC(=O)Nc3c(F)cccc3F)nn2)C1. The van der Waals surface area contributed by atoms with E-state index in [1.54, 1.807) is 12.1 Å². The van der Waals surface area contributed by atoms with Gasteiger partial charge in [-0.05, 0) is 43.5 Å². The van der Waals surface area contributed by atoms with Crippen LogP contribution in [0.15, 0.2) is 35.4 Å². The minimum atomic E-state index is -0.828. The van der Waals surface area contributed by atoms with E-state index in [4.69, 9.17) is 0 Å². The number of anilines is 2. The molecule has 3 rings (SSSR count). The molecule has 0 bridgehead atoms. The molecular formula is C21H25F2N5O2S. The number of nitrogens with zero attached hydrogens (tertiary/aromatic N) is 3. The van der Waals surface area contributed by atoms with Gasteiger partial charge in [0, 0.05) is 19.6 Å². The van der Waals surface area contributed by atoms with Crippen LogP contribution in [0, 0.1) is 17.6 Å². The normalized spacial score (nSPS) is 16.1. The molecule has 7 nitrogen and oxygen atoms in total. The number of halogens is 2. The number of carbonyl (C=O) groups is 2. The number of benzene rings is 1. The minimum Gasteiger partial charge on any atom is -0.356 e. The van der Waals surface area contributed by atoms with Crippen molar-refractivity contribution in [2.75, 3.05) is 35.6 Å². The zero-order valence-corrected chi connectivity index (χ0v) is 18.1. The van der Waals surface area contributed by atoms with Gasteiger partial charge >= 0.3 is 0 Å². The summed E-state index contributed by atoms with van der Waals surface area (Å²) in [5, 5.41) is 14.0. The van der Waals surface area contributed by atoms with Gasteiger partial charge in [-0.25, -0.2) is 8.78 Å². The van der Waals surface area contributed by atoms with Gasteiger partial charge in [0.05, 0.1) is 11.7 Å². The molecule has 31 heavy (non-hydrogen) atoms. The van der Waals surface area contributed by atoms with Crippen molar-refractivity contribution in [2.45, 2.75) is 31.2 Å². The number of nitrogens with one attached hydrogen (secondary N) is 2. The molecule has 1 aliphatic heterocycles. The van der Waals surface area contributed by atoms with Crippen LogP contribution in [0.2, 0.25) is 0 Å². The predicted octanol–water partition coefficient (Wildman–Crippen LogP) is 3.23. The lowest BCUT2D eigenvalue weighted by molar-refractivity contribution is -0.125. The third-order valence-electron chi connectivity index (χ3n) is 4.87. The summed E-state index contributed by atoms with van der Waals surface area (Å²) in [5.41, 5.74) is -0.461. The number of aromatic nitrogens is 2. The number of piperidine rings is 1. The molecule has 1 aromatic heterocycles. The highest BCUT2D eigenvalue weighted by Gasteiger charge is 2.26. The maximum absolute atomic E-state index is 13.6. The number of carbonyl (C=O) groups excluding carboxylic acids is 2. The molecular weight excluding hydrogens is 424 g/mol. The summed E-state index contributed by atoms with van der Waals surface area (Å²) in [6, 6.07) is 6.93. The molecule has 1 aromatic carbocycles. The van der Waals surface area contributed by atoms with E-state index >= 15 is 0 Å². The van der Waals surface area contributed by atoms with E-state index in [1.807, 2.05) is 11.8 Å². The lowest BCUT2D eigenvalue weighted by atomic mass is 9.97. The summed E-state index contributed by atoms with van der Waals surface area (Å²) >= 11 is 1.12. The molecule has 0 spiro atoms. The largest absolute Gasteiger partial charge is 0.356 e. The van der Waals surface area contributed by atoms with E-state index in [0.29, 0.717) is 23.9 Å². The van der Waals surface area contributed by atoms with Crippen molar-refractivity contribution in [3.63, 3.8) is 0 Å². The molecule has 0 radical (unpaired) electrons. The van der Waals surface area contributed by atoms with Crippen LogP contribution in [-0.4, -0.2) is 47.4 Å². The Hall–Kier alpha value is -2.75. The van der Waals surface area contributed by atoms with E-state index in [2.05, 4.69) is 20.8 Å². The highest BCUT2D eigenvalue weighted by molar-refractivity contribution is 7.99. The predicted molar refractivity (Wildman–Crippen MR) is 116 cm³/mol. The summed E-state index contributed by atoms with van der Waals surface area (Å²) in [5.74, 6) is -1.59. The fourth-order valence-corrected chi connectivity index (χ4v) is 3.90. The number of hydrogen-bond acceptors (Lipinski definition) is 6. The Labute approximate surface area is 184 Å². The number of rotatable bonds is 8. The van der Waals surface area contributed by atoms with Crippen molar-refractivity contribution in [1.82, 2.24) is 15.5 Å². The number of hydrogen-bond donors (Lipinski definition) is 2. The molecule has 166 valence electrons. The molecule has 0 unspecified atom stereocenters. The molecule has 2 heterocycles. The first-order valence-corrected chi connectivity index (χ1v) is 11.2. The zero-order chi connectivity index (χ0) is 22.2. The molecule has 2 N–H and O–H groups in total. The molecule has 2 amide bonds. The van der Waals surface area contributed by atoms with Gasteiger partial charge in [0.1, 0.15) is 22.3 Å². The van der Waals surface area contributed by atoms with Gasteiger partial charge in [-0.15, -0.1) is 10.2 Å². The van der Waals surface area contributed by atoms with Gasteiger partial charge in [0.25, 0.3) is 0 Å². The fourth-order valence-electron chi connectivity index (χ4n) is 3.28. The van der Waals surface area contributed by atoms with Crippen molar-refractivity contribution >= 4 is 35.1 Å². The van der Waals surface area contributed by atoms with Crippen molar-refractivity contribution < 1.29 is 18.4 Å². The van der Waals surface area contributed by atoms with E-state index < -0.39 is 23.2 Å². The second-order valence-corrected chi connectivity index (χ2v) is 8.24. The second-order valence-electron chi connectivity index (χ2n) is 7.24. The van der Waals surface area contributed by atoms with E-state index in [0.717, 1.165) is 49.7 Å². The average Bonchev–Trinajstić information content (AvgIpc) is 2.79. The quantitative estimate of drug-likeness (QED) is 0.602. The number of amides is 2. The summed E-state index contributed by atoms with van der Waals surface area (Å²) in [6.07, 6.45) is 2.65. The van der Waals surface area contributed by atoms with Crippen LogP contribution < -0.4 is 15.5 Å². The van der Waals surface area contributed by atoms with Gasteiger partial charge in [0.15, 0.2) is 5.82 Å². The van der Waals surface area contributed by atoms with Crippen LogP contribution in [0.25, 0.3) is 0 Å². The van der Waals surface area contributed by atoms with E-state index in [9.17, 15) is 18.4 Å². The molecule has 1 atom stereocenters. The van der Waals surface area contributed by atoms with E-state index in [-0.39, 0.29) is 17.6 Å². The number of para-hydroxylation sites is 1. The van der Waals surface area contributed by atoms with Crippen molar-refractivity contribution in [2.24, 2.45) is 5.92 Å². The van der Waals surface area contributed by atoms with Crippen molar-refractivity contribution in [3.05, 3.63) is 42.0 Å². The summed E-state index contributed by atoms with van der Waals surface area (Å²) in [7, 11) is 0. The Morgan fingerprint density at radius 2 is 1.97 bits per heavy atom. The Balaban J connectivity index is 1.52. The third kappa shape index (κ3) is 6.36. The first-order valence-electron chi connectivity index (χ1n) is 10.2. The lowest BCUT2D eigenvalue weighted by Gasteiger charge is -2.32.